The van der Waals surface area contributed by atoms with E-state index in [1.165, 1.54) is 0 Å². The molecule has 1 rings (SSSR count). The predicted molar refractivity (Wildman–Crippen MR) is 80.6 cm³/mol. The zero-order valence-corrected chi connectivity index (χ0v) is 13.7. The zero-order valence-electron chi connectivity index (χ0n) is 10.5. The Kier molecular flexibility index (Phi) is 6.71. The Labute approximate surface area is 125 Å². The molecule has 3 nitrogen and oxygen atoms in total. The van der Waals surface area contributed by atoms with Gasteiger partial charge in [0.25, 0.3) is 5.91 Å². The Morgan fingerprint density at radius 2 is 2.22 bits per heavy atom. The van der Waals surface area contributed by atoms with Gasteiger partial charge in [-0.15, -0.1) is 0 Å². The number of amides is 1. The monoisotopic (exact) mass is 377 g/mol. The SMILES string of the molecule is COc1ccc(C(=O)NCC(C)CCBr)cc1Br. The van der Waals surface area contributed by atoms with Crippen molar-refractivity contribution < 1.29 is 9.53 Å². The van der Waals surface area contributed by atoms with Crippen molar-refractivity contribution in [1.29, 1.82) is 0 Å². The average Bonchev–Trinajstić information content (AvgIpc) is 2.36. The van der Waals surface area contributed by atoms with Crippen molar-refractivity contribution in [3.8, 4) is 5.75 Å². The van der Waals surface area contributed by atoms with E-state index in [-0.39, 0.29) is 5.91 Å². The summed E-state index contributed by atoms with van der Waals surface area (Å²) in [6.07, 6.45) is 1.05. The molecule has 0 saturated heterocycles. The lowest BCUT2D eigenvalue weighted by molar-refractivity contribution is 0.0948. The topological polar surface area (TPSA) is 38.3 Å². The van der Waals surface area contributed by atoms with E-state index in [1.807, 2.05) is 0 Å². The van der Waals surface area contributed by atoms with Crippen molar-refractivity contribution in [3.63, 3.8) is 0 Å². The van der Waals surface area contributed by atoms with Gasteiger partial charge < -0.3 is 10.1 Å². The molecule has 0 bridgehead atoms. The van der Waals surface area contributed by atoms with Crippen molar-refractivity contribution in [1.82, 2.24) is 5.32 Å². The van der Waals surface area contributed by atoms with Crippen LogP contribution in [0.1, 0.15) is 23.7 Å². The summed E-state index contributed by atoms with van der Waals surface area (Å²) in [4.78, 5) is 11.9. The smallest absolute Gasteiger partial charge is 0.251 e. The standard InChI is InChI=1S/C13H17Br2NO2/c1-9(5-6-14)8-16-13(17)10-3-4-12(18-2)11(15)7-10/h3-4,7,9H,5-6,8H2,1-2H3,(H,16,17). The van der Waals surface area contributed by atoms with Crippen LogP contribution in [-0.4, -0.2) is 24.9 Å². The number of benzene rings is 1. The van der Waals surface area contributed by atoms with Crippen molar-refractivity contribution in [2.24, 2.45) is 5.92 Å². The van der Waals surface area contributed by atoms with Gasteiger partial charge in [0, 0.05) is 17.4 Å². The Morgan fingerprint density at radius 3 is 2.78 bits per heavy atom. The summed E-state index contributed by atoms with van der Waals surface area (Å²) in [6, 6.07) is 5.30. The normalized spacial score (nSPS) is 12.0. The zero-order chi connectivity index (χ0) is 13.5. The molecule has 0 saturated carbocycles. The van der Waals surface area contributed by atoms with E-state index in [4.69, 9.17) is 4.74 Å². The van der Waals surface area contributed by atoms with Crippen LogP contribution >= 0.6 is 31.9 Å². The van der Waals surface area contributed by atoms with E-state index in [0.717, 1.165) is 22.0 Å². The summed E-state index contributed by atoms with van der Waals surface area (Å²) in [6.45, 7) is 2.81. The lowest BCUT2D eigenvalue weighted by Gasteiger charge is -2.11. The molecule has 0 spiro atoms. The number of carbonyl (C=O) groups is 1. The molecule has 1 aromatic carbocycles. The molecule has 0 radical (unpaired) electrons. The quantitative estimate of drug-likeness (QED) is 0.768. The van der Waals surface area contributed by atoms with Gasteiger partial charge in [-0.3, -0.25) is 4.79 Å². The maximum atomic E-state index is 11.9. The average molecular weight is 379 g/mol. The number of ether oxygens (including phenoxy) is 1. The first-order chi connectivity index (χ1) is 8.58. The van der Waals surface area contributed by atoms with Gasteiger partial charge in [0.2, 0.25) is 0 Å². The molecule has 18 heavy (non-hydrogen) atoms. The minimum Gasteiger partial charge on any atom is -0.496 e. The fourth-order valence-electron chi connectivity index (χ4n) is 1.46. The van der Waals surface area contributed by atoms with E-state index in [2.05, 4.69) is 44.1 Å². The summed E-state index contributed by atoms with van der Waals surface area (Å²) in [7, 11) is 1.60. The first-order valence-corrected chi connectivity index (χ1v) is 7.67. The molecular formula is C13H17Br2NO2. The number of alkyl halides is 1. The minimum absolute atomic E-state index is 0.0558. The number of halogens is 2. The summed E-state index contributed by atoms with van der Waals surface area (Å²) in [5.74, 6) is 1.13. The third kappa shape index (κ3) is 4.61. The molecule has 1 N–H and O–H groups in total. The molecule has 1 unspecified atom stereocenters. The fraction of sp³-hybridized carbons (Fsp3) is 0.462. The van der Waals surface area contributed by atoms with Gasteiger partial charge in [-0.1, -0.05) is 22.9 Å². The molecule has 0 aromatic heterocycles. The van der Waals surface area contributed by atoms with Crippen molar-refractivity contribution in [2.75, 3.05) is 19.0 Å². The summed E-state index contributed by atoms with van der Waals surface area (Å²) >= 11 is 6.76. The molecule has 0 aliphatic carbocycles. The van der Waals surface area contributed by atoms with E-state index in [0.29, 0.717) is 18.0 Å². The van der Waals surface area contributed by atoms with Crippen molar-refractivity contribution >= 4 is 37.8 Å². The number of hydrogen-bond donors (Lipinski definition) is 1. The Bertz CT molecular complexity index is 410. The largest absolute Gasteiger partial charge is 0.496 e. The molecule has 1 atom stereocenters. The number of carbonyl (C=O) groups excluding carboxylic acids is 1. The van der Waals surface area contributed by atoms with Crippen LogP contribution in [0.4, 0.5) is 0 Å². The van der Waals surface area contributed by atoms with E-state index >= 15 is 0 Å². The van der Waals surface area contributed by atoms with Crippen LogP contribution in [0.2, 0.25) is 0 Å². The highest BCUT2D eigenvalue weighted by molar-refractivity contribution is 9.10. The third-order valence-corrected chi connectivity index (χ3v) is 3.70. The molecular weight excluding hydrogens is 362 g/mol. The molecule has 0 heterocycles. The van der Waals surface area contributed by atoms with Crippen LogP contribution in [0.3, 0.4) is 0 Å². The number of rotatable bonds is 6. The Morgan fingerprint density at radius 1 is 1.50 bits per heavy atom. The molecule has 0 aliphatic heterocycles. The lowest BCUT2D eigenvalue weighted by atomic mass is 10.1. The van der Waals surface area contributed by atoms with Crippen molar-refractivity contribution in [3.05, 3.63) is 28.2 Å². The highest BCUT2D eigenvalue weighted by Gasteiger charge is 2.10. The highest BCUT2D eigenvalue weighted by Crippen LogP contribution is 2.25. The number of methoxy groups -OCH3 is 1. The summed E-state index contributed by atoms with van der Waals surface area (Å²) < 4.78 is 5.91. The maximum absolute atomic E-state index is 11.9. The fourth-order valence-corrected chi connectivity index (χ4v) is 2.79. The van der Waals surface area contributed by atoms with Crippen LogP contribution in [0.15, 0.2) is 22.7 Å². The van der Waals surface area contributed by atoms with E-state index < -0.39 is 0 Å². The van der Waals surface area contributed by atoms with Crippen LogP contribution in [0.25, 0.3) is 0 Å². The van der Waals surface area contributed by atoms with E-state index in [1.54, 1.807) is 25.3 Å². The number of hydrogen-bond acceptors (Lipinski definition) is 2. The van der Waals surface area contributed by atoms with Gasteiger partial charge in [0.05, 0.1) is 11.6 Å². The highest BCUT2D eigenvalue weighted by atomic mass is 79.9. The second-order valence-electron chi connectivity index (χ2n) is 4.14. The predicted octanol–water partition coefficient (Wildman–Crippen LogP) is 3.61. The van der Waals surface area contributed by atoms with Gasteiger partial charge in [0.1, 0.15) is 5.75 Å². The molecule has 0 aliphatic rings. The number of nitrogens with one attached hydrogen (secondary N) is 1. The Hall–Kier alpha value is -0.550. The second kappa shape index (κ2) is 7.79. The van der Waals surface area contributed by atoms with E-state index in [9.17, 15) is 4.79 Å². The molecule has 1 amide bonds. The molecule has 5 heteroatoms. The summed E-state index contributed by atoms with van der Waals surface area (Å²) in [5.41, 5.74) is 0.633. The molecule has 100 valence electrons. The van der Waals surface area contributed by atoms with Crippen LogP contribution in [0.5, 0.6) is 5.75 Å². The van der Waals surface area contributed by atoms with Crippen LogP contribution in [-0.2, 0) is 0 Å². The third-order valence-electron chi connectivity index (χ3n) is 2.63. The Balaban J connectivity index is 2.59. The van der Waals surface area contributed by atoms with Crippen molar-refractivity contribution in [2.45, 2.75) is 13.3 Å². The first-order valence-electron chi connectivity index (χ1n) is 5.76. The molecule has 0 fully saturated rings. The van der Waals surface area contributed by atoms with Gasteiger partial charge in [-0.05, 0) is 46.5 Å². The van der Waals surface area contributed by atoms with Gasteiger partial charge in [0.15, 0.2) is 0 Å². The second-order valence-corrected chi connectivity index (χ2v) is 5.79. The first kappa shape index (κ1) is 15.5. The van der Waals surface area contributed by atoms with Crippen LogP contribution in [0, 0.1) is 5.92 Å². The minimum atomic E-state index is -0.0558. The lowest BCUT2D eigenvalue weighted by Crippen LogP contribution is -2.28. The molecule has 1 aromatic rings. The van der Waals surface area contributed by atoms with Gasteiger partial charge in [-0.2, -0.15) is 0 Å². The van der Waals surface area contributed by atoms with Gasteiger partial charge >= 0.3 is 0 Å². The maximum Gasteiger partial charge on any atom is 0.251 e. The van der Waals surface area contributed by atoms with Gasteiger partial charge in [-0.25, -0.2) is 0 Å². The summed E-state index contributed by atoms with van der Waals surface area (Å²) in [5, 5.41) is 3.88. The van der Waals surface area contributed by atoms with Crippen LogP contribution < -0.4 is 10.1 Å².